The highest BCUT2D eigenvalue weighted by Gasteiger charge is 2.34. The lowest BCUT2D eigenvalue weighted by Gasteiger charge is -2.22. The fourth-order valence-electron chi connectivity index (χ4n) is 2.74. The van der Waals surface area contributed by atoms with Gasteiger partial charge in [0, 0.05) is 6.04 Å². The van der Waals surface area contributed by atoms with Crippen molar-refractivity contribution >= 4 is 0 Å². The summed E-state index contributed by atoms with van der Waals surface area (Å²) in [7, 11) is 0. The van der Waals surface area contributed by atoms with E-state index in [0.717, 1.165) is 44.2 Å². The second-order valence-corrected chi connectivity index (χ2v) is 5.15. The second kappa shape index (κ2) is 5.49. The van der Waals surface area contributed by atoms with Crippen LogP contribution in [-0.2, 0) is 6.18 Å². The van der Waals surface area contributed by atoms with Crippen LogP contribution in [0, 0.1) is 5.82 Å². The zero-order chi connectivity index (χ0) is 14.0. The number of hydrogen-bond acceptors (Lipinski definition) is 1. The molecule has 0 saturated heterocycles. The summed E-state index contributed by atoms with van der Waals surface area (Å²) >= 11 is 0. The topological polar surface area (TPSA) is 26.0 Å². The lowest BCUT2D eigenvalue weighted by molar-refractivity contribution is -0.140. The molecule has 1 aromatic rings. The maximum Gasteiger partial charge on any atom is 0.419 e. The number of nitrogens with two attached hydrogens (primary N) is 1. The summed E-state index contributed by atoms with van der Waals surface area (Å²) in [5, 5.41) is 0. The normalized spacial score (nSPS) is 25.1. The number of benzene rings is 1. The molecule has 0 bridgehead atoms. The molecule has 0 spiro atoms. The van der Waals surface area contributed by atoms with Crippen molar-refractivity contribution < 1.29 is 17.6 Å². The van der Waals surface area contributed by atoms with Gasteiger partial charge in [0.05, 0.1) is 5.56 Å². The van der Waals surface area contributed by atoms with Crippen molar-refractivity contribution in [2.24, 2.45) is 5.73 Å². The fourth-order valence-corrected chi connectivity index (χ4v) is 2.74. The van der Waals surface area contributed by atoms with E-state index < -0.39 is 17.6 Å². The third kappa shape index (κ3) is 3.26. The number of rotatable bonds is 1. The Morgan fingerprint density at radius 1 is 1.05 bits per heavy atom. The number of halogens is 4. The molecule has 1 aliphatic carbocycles. The summed E-state index contributed by atoms with van der Waals surface area (Å²) in [5.41, 5.74) is 5.41. The van der Waals surface area contributed by atoms with Gasteiger partial charge in [-0.15, -0.1) is 0 Å². The molecule has 0 radical (unpaired) electrons. The third-order valence-electron chi connectivity index (χ3n) is 3.80. The molecule has 1 nitrogen and oxygen atoms in total. The van der Waals surface area contributed by atoms with Crippen molar-refractivity contribution in [3.63, 3.8) is 0 Å². The lowest BCUT2D eigenvalue weighted by Crippen LogP contribution is -2.27. The Bertz CT molecular complexity index is 442. The predicted octanol–water partition coefficient (Wildman–Crippen LogP) is 4.22. The van der Waals surface area contributed by atoms with Gasteiger partial charge < -0.3 is 5.73 Å². The van der Waals surface area contributed by atoms with Crippen molar-refractivity contribution in [3.05, 3.63) is 35.1 Å². The molecule has 1 fully saturated rings. The zero-order valence-electron chi connectivity index (χ0n) is 10.5. The molecule has 106 valence electrons. The van der Waals surface area contributed by atoms with E-state index in [4.69, 9.17) is 5.73 Å². The molecule has 1 aliphatic rings. The predicted molar refractivity (Wildman–Crippen MR) is 65.2 cm³/mol. The van der Waals surface area contributed by atoms with E-state index in [2.05, 4.69) is 0 Å². The van der Waals surface area contributed by atoms with Gasteiger partial charge in [0.15, 0.2) is 0 Å². The lowest BCUT2D eigenvalue weighted by atomic mass is 9.87. The number of alkyl halides is 3. The van der Waals surface area contributed by atoms with E-state index in [1.54, 1.807) is 0 Å². The van der Waals surface area contributed by atoms with Crippen molar-refractivity contribution in [1.29, 1.82) is 0 Å². The third-order valence-corrected chi connectivity index (χ3v) is 3.80. The van der Waals surface area contributed by atoms with Crippen LogP contribution in [0.2, 0.25) is 0 Å². The average molecular weight is 275 g/mol. The van der Waals surface area contributed by atoms with E-state index >= 15 is 0 Å². The maximum atomic E-state index is 13.6. The van der Waals surface area contributed by atoms with Gasteiger partial charge in [-0.1, -0.05) is 25.3 Å². The molecule has 1 aromatic carbocycles. The van der Waals surface area contributed by atoms with Gasteiger partial charge >= 0.3 is 6.18 Å². The average Bonchev–Trinajstić information content (AvgIpc) is 2.52. The molecule has 1 saturated carbocycles. The summed E-state index contributed by atoms with van der Waals surface area (Å²) < 4.78 is 51.1. The molecule has 5 heteroatoms. The summed E-state index contributed by atoms with van der Waals surface area (Å²) in [6, 6.07) is 3.08. The summed E-state index contributed by atoms with van der Waals surface area (Å²) in [5.74, 6) is -1.25. The van der Waals surface area contributed by atoms with Crippen LogP contribution >= 0.6 is 0 Å². The fraction of sp³-hybridized carbons (Fsp3) is 0.571. The van der Waals surface area contributed by atoms with Crippen LogP contribution in [0.1, 0.15) is 49.1 Å². The monoisotopic (exact) mass is 275 g/mol. The van der Waals surface area contributed by atoms with Crippen LogP contribution < -0.4 is 5.73 Å². The molecule has 0 heterocycles. The van der Waals surface area contributed by atoms with E-state index in [-0.39, 0.29) is 12.0 Å². The van der Waals surface area contributed by atoms with Crippen LogP contribution in [-0.4, -0.2) is 6.04 Å². The van der Waals surface area contributed by atoms with Gasteiger partial charge in [-0.3, -0.25) is 0 Å². The minimum absolute atomic E-state index is 0.0423. The van der Waals surface area contributed by atoms with Gasteiger partial charge in [0.2, 0.25) is 0 Å². The first-order chi connectivity index (χ1) is 8.89. The van der Waals surface area contributed by atoms with Crippen molar-refractivity contribution in [2.75, 3.05) is 0 Å². The largest absolute Gasteiger partial charge is 0.419 e. The number of hydrogen-bond donors (Lipinski definition) is 1. The minimum Gasteiger partial charge on any atom is -0.327 e. The van der Waals surface area contributed by atoms with E-state index in [1.807, 2.05) is 0 Å². The Labute approximate surface area is 109 Å². The molecule has 2 atom stereocenters. The first kappa shape index (κ1) is 14.3. The molecule has 19 heavy (non-hydrogen) atoms. The van der Waals surface area contributed by atoms with Crippen molar-refractivity contribution in [2.45, 2.75) is 50.2 Å². The molecule has 2 unspecified atom stereocenters. The molecule has 0 amide bonds. The molecule has 2 rings (SSSR count). The van der Waals surface area contributed by atoms with Gasteiger partial charge in [-0.25, -0.2) is 4.39 Å². The van der Waals surface area contributed by atoms with E-state index in [0.29, 0.717) is 5.56 Å². The Morgan fingerprint density at radius 3 is 2.37 bits per heavy atom. The summed E-state index contributed by atoms with van der Waals surface area (Å²) in [4.78, 5) is 0. The van der Waals surface area contributed by atoms with Gasteiger partial charge in [0.1, 0.15) is 5.82 Å². The molecular weight excluding hydrogens is 258 g/mol. The first-order valence-electron chi connectivity index (χ1n) is 6.52. The van der Waals surface area contributed by atoms with Crippen LogP contribution in [0.25, 0.3) is 0 Å². The standard InChI is InChI=1S/C14H17F4N/c15-12-8-9(6-7-11(12)14(16,17)18)10-4-2-1-3-5-13(10)19/h6-8,10,13H,1-5,19H2. The highest BCUT2D eigenvalue weighted by atomic mass is 19.4. The second-order valence-electron chi connectivity index (χ2n) is 5.15. The Kier molecular flexibility index (Phi) is 4.13. The molecule has 0 aliphatic heterocycles. The van der Waals surface area contributed by atoms with Gasteiger partial charge in [0.25, 0.3) is 0 Å². The van der Waals surface area contributed by atoms with Crippen LogP contribution in [0.4, 0.5) is 17.6 Å². The molecular formula is C14H17F4N. The van der Waals surface area contributed by atoms with Gasteiger partial charge in [-0.2, -0.15) is 13.2 Å². The Morgan fingerprint density at radius 2 is 1.74 bits per heavy atom. The van der Waals surface area contributed by atoms with Crippen LogP contribution in [0.5, 0.6) is 0 Å². The first-order valence-corrected chi connectivity index (χ1v) is 6.52. The minimum atomic E-state index is -4.64. The SMILES string of the molecule is NC1CCCCCC1c1ccc(C(F)(F)F)c(F)c1. The Balaban J connectivity index is 2.28. The van der Waals surface area contributed by atoms with Gasteiger partial charge in [-0.05, 0) is 36.5 Å². The summed E-state index contributed by atoms with van der Waals surface area (Å²) in [6.45, 7) is 0. The highest BCUT2D eigenvalue weighted by Crippen LogP contribution is 2.35. The molecule has 2 N–H and O–H groups in total. The van der Waals surface area contributed by atoms with E-state index in [9.17, 15) is 17.6 Å². The quantitative estimate of drug-likeness (QED) is 0.602. The zero-order valence-corrected chi connectivity index (χ0v) is 10.5. The Hall–Kier alpha value is -1.10. The smallest absolute Gasteiger partial charge is 0.327 e. The van der Waals surface area contributed by atoms with Crippen molar-refractivity contribution in [3.8, 4) is 0 Å². The van der Waals surface area contributed by atoms with Crippen LogP contribution in [0.15, 0.2) is 18.2 Å². The highest BCUT2D eigenvalue weighted by molar-refractivity contribution is 5.29. The maximum absolute atomic E-state index is 13.6. The van der Waals surface area contributed by atoms with E-state index in [1.165, 1.54) is 6.07 Å². The molecule has 0 aromatic heterocycles. The van der Waals surface area contributed by atoms with Crippen molar-refractivity contribution in [1.82, 2.24) is 0 Å². The summed E-state index contributed by atoms with van der Waals surface area (Å²) in [6.07, 6.45) is 0.0998. The van der Waals surface area contributed by atoms with Crippen LogP contribution in [0.3, 0.4) is 0 Å².